The number of hydrogen-bond acceptors (Lipinski definition) is 5. The van der Waals surface area contributed by atoms with E-state index < -0.39 is 24.0 Å². The fourth-order valence-corrected chi connectivity index (χ4v) is 2.23. The number of nitrogens with zero attached hydrogens (tertiary/aromatic N) is 1. The Morgan fingerprint density at radius 1 is 1.27 bits per heavy atom. The molecule has 0 radical (unpaired) electrons. The van der Waals surface area contributed by atoms with Crippen LogP contribution in [-0.4, -0.2) is 47.9 Å². The Morgan fingerprint density at radius 2 is 1.95 bits per heavy atom. The predicted octanol–water partition coefficient (Wildman–Crippen LogP) is 0.152. The van der Waals surface area contributed by atoms with Gasteiger partial charge in [0.05, 0.1) is 0 Å². The van der Waals surface area contributed by atoms with Crippen molar-refractivity contribution in [3.8, 4) is 0 Å². The molecule has 8 nitrogen and oxygen atoms in total. The molecule has 0 spiro atoms. The van der Waals surface area contributed by atoms with Gasteiger partial charge in [-0.05, 0) is 18.8 Å². The summed E-state index contributed by atoms with van der Waals surface area (Å²) in [7, 11) is 0. The number of carbonyl (C=O) groups excluding carboxylic acids is 4. The molecule has 22 heavy (non-hydrogen) atoms. The van der Waals surface area contributed by atoms with Crippen LogP contribution in [0.25, 0.3) is 0 Å². The molecule has 124 valence electrons. The fraction of sp³-hybridized carbons (Fsp3) is 0.714. The standard InChI is InChI=1S/C14H23N3O5/c1-9(2)12(13(20)16-14(15)21)22-11(19)8-17-7-5-3-4-6-10(17)18/h9,12H,3-8H2,1-2H3,(H3,15,16,20,21). The summed E-state index contributed by atoms with van der Waals surface area (Å²) in [5, 5.41) is 1.89. The van der Waals surface area contributed by atoms with Crippen LogP contribution >= 0.6 is 0 Å². The average molecular weight is 313 g/mol. The fourth-order valence-electron chi connectivity index (χ4n) is 2.23. The molecular weight excluding hydrogens is 290 g/mol. The lowest BCUT2D eigenvalue weighted by molar-refractivity contribution is -0.160. The number of imide groups is 1. The third kappa shape index (κ3) is 5.71. The molecule has 1 atom stereocenters. The van der Waals surface area contributed by atoms with E-state index in [1.165, 1.54) is 4.90 Å². The molecule has 1 rings (SSSR count). The summed E-state index contributed by atoms with van der Waals surface area (Å²) in [6.07, 6.45) is 1.91. The summed E-state index contributed by atoms with van der Waals surface area (Å²) >= 11 is 0. The number of nitrogens with two attached hydrogens (primary N) is 1. The lowest BCUT2D eigenvalue weighted by Gasteiger charge is -2.23. The highest BCUT2D eigenvalue weighted by Crippen LogP contribution is 2.12. The highest BCUT2D eigenvalue weighted by molar-refractivity contribution is 5.97. The molecule has 0 aromatic carbocycles. The molecule has 8 heteroatoms. The molecule has 3 N–H and O–H groups in total. The quantitative estimate of drug-likeness (QED) is 0.700. The first-order valence-corrected chi connectivity index (χ1v) is 7.38. The summed E-state index contributed by atoms with van der Waals surface area (Å²) < 4.78 is 5.11. The largest absolute Gasteiger partial charge is 0.451 e. The van der Waals surface area contributed by atoms with E-state index >= 15 is 0 Å². The summed E-state index contributed by atoms with van der Waals surface area (Å²) in [5.41, 5.74) is 4.88. The first-order chi connectivity index (χ1) is 10.3. The van der Waals surface area contributed by atoms with Crippen LogP contribution in [0.3, 0.4) is 0 Å². The minimum absolute atomic E-state index is 0.0860. The van der Waals surface area contributed by atoms with E-state index in [2.05, 4.69) is 0 Å². The maximum Gasteiger partial charge on any atom is 0.326 e. The zero-order valence-corrected chi connectivity index (χ0v) is 13.0. The van der Waals surface area contributed by atoms with Gasteiger partial charge in [0, 0.05) is 13.0 Å². The number of likely N-dealkylation sites (tertiary alicyclic amines) is 1. The van der Waals surface area contributed by atoms with Crippen LogP contribution in [0, 0.1) is 5.92 Å². The normalized spacial score (nSPS) is 16.9. The summed E-state index contributed by atoms with van der Waals surface area (Å²) in [6.45, 7) is 3.67. The molecule has 0 saturated carbocycles. The van der Waals surface area contributed by atoms with Crippen molar-refractivity contribution in [2.75, 3.05) is 13.1 Å². The van der Waals surface area contributed by atoms with Crippen LogP contribution in [0.5, 0.6) is 0 Å². The molecule has 1 saturated heterocycles. The zero-order valence-electron chi connectivity index (χ0n) is 13.0. The van der Waals surface area contributed by atoms with Crippen molar-refractivity contribution < 1.29 is 23.9 Å². The van der Waals surface area contributed by atoms with Crippen LogP contribution in [0.1, 0.15) is 39.5 Å². The van der Waals surface area contributed by atoms with Crippen molar-refractivity contribution in [3.05, 3.63) is 0 Å². The van der Waals surface area contributed by atoms with Gasteiger partial charge in [0.15, 0.2) is 6.10 Å². The Hall–Kier alpha value is -2.12. The Morgan fingerprint density at radius 3 is 2.55 bits per heavy atom. The van der Waals surface area contributed by atoms with Crippen molar-refractivity contribution >= 4 is 23.8 Å². The van der Waals surface area contributed by atoms with Gasteiger partial charge >= 0.3 is 12.0 Å². The number of urea groups is 1. The summed E-state index contributed by atoms with van der Waals surface area (Å²) in [6, 6.07) is -1.01. The molecule has 1 heterocycles. The topological polar surface area (TPSA) is 119 Å². The Kier molecular flexibility index (Phi) is 6.81. The highest BCUT2D eigenvalue weighted by atomic mass is 16.5. The molecule has 1 fully saturated rings. The molecule has 0 aromatic heterocycles. The maximum atomic E-state index is 12.0. The first kappa shape index (κ1) is 17.9. The summed E-state index contributed by atoms with van der Waals surface area (Å²) in [4.78, 5) is 47.7. The van der Waals surface area contributed by atoms with E-state index in [0.29, 0.717) is 13.0 Å². The number of carbonyl (C=O) groups is 4. The van der Waals surface area contributed by atoms with Crippen molar-refractivity contribution in [1.29, 1.82) is 0 Å². The number of esters is 1. The lowest BCUT2D eigenvalue weighted by atomic mass is 10.1. The number of hydrogen-bond donors (Lipinski definition) is 2. The second kappa shape index (κ2) is 8.35. The Labute approximate surface area is 129 Å². The maximum absolute atomic E-state index is 12.0. The second-order valence-electron chi connectivity index (χ2n) is 5.63. The van der Waals surface area contributed by atoms with Gasteiger partial charge in [0.2, 0.25) is 5.91 Å². The highest BCUT2D eigenvalue weighted by Gasteiger charge is 2.29. The van der Waals surface area contributed by atoms with Gasteiger partial charge < -0.3 is 15.4 Å². The van der Waals surface area contributed by atoms with E-state index in [-0.39, 0.29) is 18.4 Å². The van der Waals surface area contributed by atoms with E-state index in [4.69, 9.17) is 10.5 Å². The smallest absolute Gasteiger partial charge is 0.326 e. The molecule has 0 bridgehead atoms. The van der Waals surface area contributed by atoms with Crippen molar-refractivity contribution in [2.24, 2.45) is 11.7 Å². The van der Waals surface area contributed by atoms with Gasteiger partial charge in [-0.1, -0.05) is 20.3 Å². The molecule has 1 aliphatic heterocycles. The molecule has 1 aliphatic rings. The Balaban J connectivity index is 2.61. The van der Waals surface area contributed by atoms with E-state index in [1.54, 1.807) is 13.8 Å². The van der Waals surface area contributed by atoms with Crippen molar-refractivity contribution in [1.82, 2.24) is 10.2 Å². The van der Waals surface area contributed by atoms with Gasteiger partial charge in [0.25, 0.3) is 5.91 Å². The third-order valence-corrected chi connectivity index (χ3v) is 3.36. The van der Waals surface area contributed by atoms with E-state index in [9.17, 15) is 19.2 Å². The lowest BCUT2D eigenvalue weighted by Crippen LogP contribution is -2.47. The van der Waals surface area contributed by atoms with Crippen molar-refractivity contribution in [3.63, 3.8) is 0 Å². The number of amides is 4. The van der Waals surface area contributed by atoms with E-state index in [1.807, 2.05) is 5.32 Å². The van der Waals surface area contributed by atoms with Crippen LogP contribution in [0.2, 0.25) is 0 Å². The van der Waals surface area contributed by atoms with Gasteiger partial charge in [-0.2, -0.15) is 0 Å². The third-order valence-electron chi connectivity index (χ3n) is 3.36. The van der Waals surface area contributed by atoms with Gasteiger partial charge in [-0.25, -0.2) is 4.79 Å². The minimum atomic E-state index is -1.12. The SMILES string of the molecule is CC(C)C(OC(=O)CN1CCCCCC1=O)C(=O)NC(N)=O. The molecule has 0 aromatic rings. The number of nitrogens with one attached hydrogen (secondary N) is 1. The summed E-state index contributed by atoms with van der Waals surface area (Å²) in [5.74, 6) is -1.85. The minimum Gasteiger partial charge on any atom is -0.451 e. The monoisotopic (exact) mass is 313 g/mol. The van der Waals surface area contributed by atoms with Gasteiger partial charge in [-0.3, -0.25) is 19.7 Å². The average Bonchev–Trinajstić information content (AvgIpc) is 2.60. The van der Waals surface area contributed by atoms with Crippen LogP contribution in [-0.2, 0) is 19.1 Å². The Bertz CT molecular complexity index is 450. The molecule has 4 amide bonds. The van der Waals surface area contributed by atoms with Crippen LogP contribution in [0.15, 0.2) is 0 Å². The number of rotatable bonds is 5. The zero-order chi connectivity index (χ0) is 16.7. The number of ether oxygens (including phenoxy) is 1. The van der Waals surface area contributed by atoms with E-state index in [0.717, 1.165) is 19.3 Å². The van der Waals surface area contributed by atoms with Gasteiger partial charge in [0.1, 0.15) is 6.54 Å². The van der Waals surface area contributed by atoms with Crippen LogP contribution in [0.4, 0.5) is 4.79 Å². The molecular formula is C14H23N3O5. The van der Waals surface area contributed by atoms with Gasteiger partial charge in [-0.15, -0.1) is 0 Å². The van der Waals surface area contributed by atoms with Crippen LogP contribution < -0.4 is 11.1 Å². The van der Waals surface area contributed by atoms with Crippen molar-refractivity contribution in [2.45, 2.75) is 45.6 Å². The molecule has 1 unspecified atom stereocenters. The second-order valence-corrected chi connectivity index (χ2v) is 5.63. The first-order valence-electron chi connectivity index (χ1n) is 7.38. The number of primary amides is 1. The predicted molar refractivity (Wildman–Crippen MR) is 77.5 cm³/mol. The molecule has 0 aliphatic carbocycles.